The molecular weight excluding hydrogens is 569 g/mol. The van der Waals surface area contributed by atoms with E-state index < -0.39 is 35.0 Å². The first-order valence-corrected chi connectivity index (χ1v) is 15.9. The van der Waals surface area contributed by atoms with Crippen molar-refractivity contribution in [2.45, 2.75) is 103 Å². The first-order chi connectivity index (χ1) is 19.3. The first-order valence-electron chi connectivity index (χ1n) is 14.3. The van der Waals surface area contributed by atoms with Gasteiger partial charge in [0.15, 0.2) is 5.90 Å². The lowest BCUT2D eigenvalue weighted by atomic mass is 9.93. The lowest BCUT2D eigenvalue weighted by molar-refractivity contribution is -0.139. The van der Waals surface area contributed by atoms with Crippen molar-refractivity contribution in [3.63, 3.8) is 0 Å². The molecule has 0 N–H and O–H groups in total. The number of benzene rings is 2. The first kappa shape index (κ1) is 34.1. The zero-order chi connectivity index (χ0) is 31.6. The van der Waals surface area contributed by atoms with Gasteiger partial charge in [0.05, 0.1) is 18.8 Å². The second-order valence-electron chi connectivity index (χ2n) is 13.2. The van der Waals surface area contributed by atoms with Crippen molar-refractivity contribution in [2.24, 2.45) is 4.99 Å². The molecule has 0 aliphatic carbocycles. The molecule has 0 bridgehead atoms. The van der Waals surface area contributed by atoms with Gasteiger partial charge >= 0.3 is 6.18 Å². The van der Waals surface area contributed by atoms with Crippen LogP contribution in [-0.4, -0.2) is 41.6 Å². The maximum Gasteiger partial charge on any atom is 0.419 e. The van der Waals surface area contributed by atoms with Crippen molar-refractivity contribution < 1.29 is 36.1 Å². The number of hydrogen-bond donors (Lipinski definition) is 0. The van der Waals surface area contributed by atoms with Crippen molar-refractivity contribution in [3.8, 4) is 5.75 Å². The standard InChI is InChI=1S/C32H44F4NO4P/c1-22-11-13-27(33)25(18-22)10-9-17-39-28-14-12-24(19-26(28)32(34,35)36)15-16-31(20-40-23(2)37-31)21-41-42(38,29(3,4)5)30(6,7)8/h11-14,18-19H,9-10,15-17,20-21H2,1-8H3. The molecule has 0 spiro atoms. The van der Waals surface area contributed by atoms with Crippen LogP contribution in [0.3, 0.4) is 0 Å². The fraction of sp³-hybridized carbons (Fsp3) is 0.594. The Kier molecular flexibility index (Phi) is 10.3. The average Bonchev–Trinajstić information content (AvgIpc) is 3.25. The van der Waals surface area contributed by atoms with Crippen LogP contribution < -0.4 is 4.74 Å². The molecular formula is C32H44F4NO4P. The van der Waals surface area contributed by atoms with Gasteiger partial charge in [0.2, 0.25) is 7.37 Å². The molecule has 0 aromatic heterocycles. The Hall–Kier alpha value is -2.38. The maximum absolute atomic E-state index is 14.1. The van der Waals surface area contributed by atoms with Crippen molar-refractivity contribution in [2.75, 3.05) is 19.8 Å². The van der Waals surface area contributed by atoms with E-state index in [4.69, 9.17) is 14.0 Å². The Balaban J connectivity index is 1.73. The van der Waals surface area contributed by atoms with Gasteiger partial charge in [-0.05, 0) is 61.9 Å². The average molecular weight is 614 g/mol. The molecule has 0 amide bonds. The molecule has 2 aromatic carbocycles. The van der Waals surface area contributed by atoms with Gasteiger partial charge < -0.3 is 14.0 Å². The lowest BCUT2D eigenvalue weighted by Crippen LogP contribution is -2.38. The normalized spacial score (nSPS) is 18.1. The third kappa shape index (κ3) is 8.16. The van der Waals surface area contributed by atoms with E-state index in [1.807, 2.05) is 48.5 Å². The van der Waals surface area contributed by atoms with Gasteiger partial charge in [-0.15, -0.1) is 0 Å². The molecule has 1 atom stereocenters. The van der Waals surface area contributed by atoms with Gasteiger partial charge in [-0.1, -0.05) is 65.3 Å². The highest BCUT2D eigenvalue weighted by molar-refractivity contribution is 7.62. The van der Waals surface area contributed by atoms with Crippen LogP contribution in [0.15, 0.2) is 41.4 Å². The predicted octanol–water partition coefficient (Wildman–Crippen LogP) is 9.18. The number of nitrogens with zero attached hydrogens (tertiary/aromatic N) is 1. The summed E-state index contributed by atoms with van der Waals surface area (Å²) in [5, 5.41) is -1.23. The smallest absolute Gasteiger partial charge is 0.419 e. The van der Waals surface area contributed by atoms with Gasteiger partial charge in [0, 0.05) is 17.2 Å². The summed E-state index contributed by atoms with van der Waals surface area (Å²) in [6, 6.07) is 8.84. The molecule has 1 unspecified atom stereocenters. The van der Waals surface area contributed by atoms with E-state index in [0.717, 1.165) is 11.6 Å². The summed E-state index contributed by atoms with van der Waals surface area (Å²) >= 11 is 0. The zero-order valence-electron chi connectivity index (χ0n) is 26.0. The highest BCUT2D eigenvalue weighted by Crippen LogP contribution is 2.67. The molecule has 2 aromatic rings. The van der Waals surface area contributed by atoms with Gasteiger partial charge in [0.1, 0.15) is 23.7 Å². The number of aryl methyl sites for hydroxylation is 3. The highest BCUT2D eigenvalue weighted by atomic mass is 31.2. The minimum Gasteiger partial charge on any atom is -0.493 e. The van der Waals surface area contributed by atoms with Gasteiger partial charge in [0.25, 0.3) is 0 Å². The van der Waals surface area contributed by atoms with Crippen LogP contribution in [0.1, 0.15) is 83.6 Å². The van der Waals surface area contributed by atoms with E-state index in [1.165, 1.54) is 12.1 Å². The molecule has 0 saturated carbocycles. The highest BCUT2D eigenvalue weighted by Gasteiger charge is 2.50. The fourth-order valence-corrected chi connectivity index (χ4v) is 8.52. The second-order valence-corrected chi connectivity index (χ2v) is 17.2. The van der Waals surface area contributed by atoms with Gasteiger partial charge in [-0.25, -0.2) is 9.38 Å². The molecule has 42 heavy (non-hydrogen) atoms. The number of rotatable bonds is 11. The lowest BCUT2D eigenvalue weighted by Gasteiger charge is -2.41. The molecule has 0 fully saturated rings. The number of ether oxygens (including phenoxy) is 2. The van der Waals surface area contributed by atoms with Crippen molar-refractivity contribution in [3.05, 3.63) is 64.5 Å². The Morgan fingerprint density at radius 3 is 2.21 bits per heavy atom. The Morgan fingerprint density at radius 2 is 1.64 bits per heavy atom. The number of hydrogen-bond acceptors (Lipinski definition) is 5. The summed E-state index contributed by atoms with van der Waals surface area (Å²) in [6.07, 6.45) is -3.28. The van der Waals surface area contributed by atoms with Crippen LogP contribution in [0.25, 0.3) is 0 Å². The number of aliphatic imine (C=N–C) groups is 1. The van der Waals surface area contributed by atoms with E-state index in [-0.39, 0.29) is 37.8 Å². The molecule has 5 nitrogen and oxygen atoms in total. The van der Waals surface area contributed by atoms with E-state index in [0.29, 0.717) is 36.3 Å². The largest absolute Gasteiger partial charge is 0.493 e. The third-order valence-electron chi connectivity index (χ3n) is 7.50. The van der Waals surface area contributed by atoms with Crippen molar-refractivity contribution >= 4 is 13.3 Å². The van der Waals surface area contributed by atoms with Crippen molar-refractivity contribution in [1.82, 2.24) is 0 Å². The second kappa shape index (κ2) is 12.7. The van der Waals surface area contributed by atoms with E-state index in [1.54, 1.807) is 25.1 Å². The minimum absolute atomic E-state index is 0.0171. The summed E-state index contributed by atoms with van der Waals surface area (Å²) in [6.45, 7) is 15.1. The van der Waals surface area contributed by atoms with Crippen LogP contribution >= 0.6 is 7.37 Å². The van der Waals surface area contributed by atoms with Crippen LogP contribution in [0.4, 0.5) is 17.6 Å². The maximum atomic E-state index is 14.1. The summed E-state index contributed by atoms with van der Waals surface area (Å²) < 4.78 is 87.5. The van der Waals surface area contributed by atoms with E-state index in [2.05, 4.69) is 4.99 Å². The third-order valence-corrected chi connectivity index (χ3v) is 11.5. The Morgan fingerprint density at radius 1 is 0.976 bits per heavy atom. The molecule has 10 heteroatoms. The topological polar surface area (TPSA) is 57.1 Å². The molecule has 1 aliphatic rings. The summed E-state index contributed by atoms with van der Waals surface area (Å²) in [5.74, 6) is -0.135. The summed E-state index contributed by atoms with van der Waals surface area (Å²) in [4.78, 5) is 4.65. The van der Waals surface area contributed by atoms with Crippen molar-refractivity contribution in [1.29, 1.82) is 0 Å². The molecule has 1 heterocycles. The summed E-state index contributed by atoms with van der Waals surface area (Å²) in [5.41, 5.74) is 0.162. The number of halogens is 4. The summed E-state index contributed by atoms with van der Waals surface area (Å²) in [7, 11) is -3.18. The molecule has 1 aliphatic heterocycles. The van der Waals surface area contributed by atoms with Gasteiger partial charge in [-0.2, -0.15) is 13.2 Å². The van der Waals surface area contributed by atoms with Gasteiger partial charge in [-0.3, -0.25) is 4.57 Å². The van der Waals surface area contributed by atoms with Crippen LogP contribution in [0.5, 0.6) is 5.75 Å². The van der Waals surface area contributed by atoms with Crippen LogP contribution in [0, 0.1) is 12.7 Å². The SMILES string of the molecule is CC1=NC(CCc2ccc(OCCCc3cc(C)ccc3F)c(C(F)(F)F)c2)(COP(=O)(C(C)(C)C)C(C)(C)C)CO1. The van der Waals surface area contributed by atoms with E-state index >= 15 is 0 Å². The number of alkyl halides is 3. The molecule has 0 radical (unpaired) electrons. The van der Waals surface area contributed by atoms with Crippen LogP contribution in [0.2, 0.25) is 0 Å². The predicted molar refractivity (Wildman–Crippen MR) is 160 cm³/mol. The molecule has 3 rings (SSSR count). The molecule has 0 saturated heterocycles. The zero-order valence-corrected chi connectivity index (χ0v) is 26.8. The van der Waals surface area contributed by atoms with Crippen LogP contribution in [-0.2, 0) is 32.8 Å². The fourth-order valence-electron chi connectivity index (χ4n) is 5.31. The quantitative estimate of drug-likeness (QED) is 0.144. The van der Waals surface area contributed by atoms with E-state index in [9.17, 15) is 22.1 Å². The molecule has 234 valence electrons. The minimum atomic E-state index is -4.62. The monoisotopic (exact) mass is 613 g/mol. The Bertz CT molecular complexity index is 1310. The Labute approximate surface area is 247 Å².